The predicted molar refractivity (Wildman–Crippen MR) is 83.0 cm³/mol. The molecule has 0 radical (unpaired) electrons. The molecule has 1 N–H and O–H groups in total. The van der Waals surface area contributed by atoms with Crippen LogP contribution in [0, 0.1) is 9.39 Å². The zero-order valence-electron chi connectivity index (χ0n) is 10.2. The summed E-state index contributed by atoms with van der Waals surface area (Å²) in [4.78, 5) is 11.9. The number of aromatic nitrogens is 2. The van der Waals surface area contributed by atoms with Crippen LogP contribution in [0.2, 0.25) is 0 Å². The summed E-state index contributed by atoms with van der Waals surface area (Å²) in [6, 6.07) is 3.04. The number of hydrogen-bond acceptors (Lipinski definition) is 3. The number of rotatable bonds is 3. The van der Waals surface area contributed by atoms with Crippen molar-refractivity contribution in [3.8, 4) is 0 Å². The van der Waals surface area contributed by atoms with Crippen LogP contribution in [-0.2, 0) is 0 Å². The average Bonchev–Trinajstić information content (AvgIpc) is 2.41. The third-order valence-electron chi connectivity index (χ3n) is 2.61. The molecule has 19 heavy (non-hydrogen) atoms. The Kier molecular flexibility index (Phi) is 4.73. The number of carbonyl (C=O) groups is 1. The number of halogens is 2. The molecule has 0 saturated heterocycles. The van der Waals surface area contributed by atoms with Gasteiger partial charge < -0.3 is 0 Å². The van der Waals surface area contributed by atoms with Gasteiger partial charge in [0.1, 0.15) is 0 Å². The second-order valence-electron chi connectivity index (χ2n) is 3.98. The molecule has 2 rings (SSSR count). The van der Waals surface area contributed by atoms with E-state index in [-0.39, 0.29) is 11.7 Å². The molecule has 7 heteroatoms. The van der Waals surface area contributed by atoms with Crippen molar-refractivity contribution in [1.29, 1.82) is 0 Å². The maximum absolute atomic E-state index is 13.5. The van der Waals surface area contributed by atoms with Gasteiger partial charge in [-0.3, -0.25) is 0 Å². The Morgan fingerprint density at radius 3 is 2.89 bits per heavy atom. The van der Waals surface area contributed by atoms with Gasteiger partial charge in [-0.05, 0) is 0 Å². The van der Waals surface area contributed by atoms with Crippen molar-refractivity contribution < 1.29 is 9.18 Å². The Morgan fingerprint density at radius 1 is 1.47 bits per heavy atom. The number of nitrogens with zero attached hydrogens (tertiary/aromatic N) is 2. The molecule has 1 heterocycles. The van der Waals surface area contributed by atoms with E-state index in [2.05, 4.69) is 15.5 Å². The third kappa shape index (κ3) is 2.89. The van der Waals surface area contributed by atoms with E-state index in [1.54, 1.807) is 6.07 Å². The minimum atomic E-state index is -0.322. The maximum atomic E-state index is 13.5. The second kappa shape index (κ2) is 6.13. The molecule has 1 atom stereocenters. The standard InChI is InChI=1S/C12H12AsFIN3O/c1-2-5-16-12(19)11-8(13)6-3-4-7(14)9(15)10(6)17-18-11/h3-4H,2,5,13H2,1H3,(H,16,19). The van der Waals surface area contributed by atoms with E-state index in [0.29, 0.717) is 21.3 Å². The molecule has 0 spiro atoms. The first-order valence-corrected chi connectivity index (χ1v) is 8.03. The predicted octanol–water partition coefficient (Wildman–Crippen LogP) is 0.772. The summed E-state index contributed by atoms with van der Waals surface area (Å²) in [5.74, 6) is -0.549. The van der Waals surface area contributed by atoms with Crippen LogP contribution in [0.15, 0.2) is 12.1 Å². The van der Waals surface area contributed by atoms with Crippen LogP contribution >= 0.6 is 22.6 Å². The van der Waals surface area contributed by atoms with Gasteiger partial charge in [0.05, 0.1) is 0 Å². The zero-order chi connectivity index (χ0) is 14.0. The summed E-state index contributed by atoms with van der Waals surface area (Å²) in [5, 5.41) is 11.5. The van der Waals surface area contributed by atoms with Crippen LogP contribution in [0.25, 0.3) is 10.9 Å². The van der Waals surface area contributed by atoms with Crippen molar-refractivity contribution >= 4 is 60.6 Å². The quantitative estimate of drug-likeness (QED) is 0.573. The van der Waals surface area contributed by atoms with Crippen molar-refractivity contribution in [1.82, 2.24) is 15.5 Å². The molecular formula is C12H12AsFIN3O. The summed E-state index contributed by atoms with van der Waals surface area (Å²) in [5.41, 5.74) is 0.829. The number of fused-ring (bicyclic) bond motifs is 1. The minimum absolute atomic E-state index is 0.227. The van der Waals surface area contributed by atoms with Gasteiger partial charge >= 0.3 is 132 Å². The van der Waals surface area contributed by atoms with Crippen molar-refractivity contribution in [3.05, 3.63) is 27.2 Å². The van der Waals surface area contributed by atoms with Crippen LogP contribution in [0.3, 0.4) is 0 Å². The third-order valence-corrected chi connectivity index (χ3v) is 4.87. The first-order valence-electron chi connectivity index (χ1n) is 5.74. The second-order valence-corrected chi connectivity index (χ2v) is 6.27. The van der Waals surface area contributed by atoms with Crippen molar-refractivity contribution in [3.63, 3.8) is 0 Å². The Labute approximate surface area is 132 Å². The topological polar surface area (TPSA) is 54.9 Å². The van der Waals surface area contributed by atoms with Crippen LogP contribution in [-0.4, -0.2) is 39.5 Å². The van der Waals surface area contributed by atoms with Crippen molar-refractivity contribution in [2.24, 2.45) is 0 Å². The summed E-state index contributed by atoms with van der Waals surface area (Å²) in [6.07, 6.45) is 0.861. The molecule has 1 aromatic heterocycles. The number of carbonyl (C=O) groups excluding carboxylic acids is 1. The summed E-state index contributed by atoms with van der Waals surface area (Å²) < 4.78 is 14.7. The van der Waals surface area contributed by atoms with Gasteiger partial charge in [-0.15, -0.1) is 0 Å². The molecule has 1 amide bonds. The van der Waals surface area contributed by atoms with Gasteiger partial charge in [0.2, 0.25) is 0 Å². The molecule has 100 valence electrons. The fourth-order valence-corrected chi connectivity index (χ4v) is 3.09. The summed E-state index contributed by atoms with van der Waals surface area (Å²) in [6.45, 7) is 2.58. The average molecular weight is 435 g/mol. The molecule has 0 saturated carbocycles. The Hall–Kier alpha value is -0.752. The first-order chi connectivity index (χ1) is 9.06. The monoisotopic (exact) mass is 435 g/mol. The molecule has 0 aliphatic carbocycles. The van der Waals surface area contributed by atoms with Crippen molar-refractivity contribution in [2.75, 3.05) is 6.54 Å². The molecule has 1 unspecified atom stereocenters. The number of nitrogens with one attached hydrogen (secondary N) is 1. The Bertz CT molecular complexity index is 650. The van der Waals surface area contributed by atoms with E-state index in [1.807, 2.05) is 29.5 Å². The fraction of sp³-hybridized carbons (Fsp3) is 0.250. The first kappa shape index (κ1) is 14.7. The van der Waals surface area contributed by atoms with Gasteiger partial charge in [-0.25, -0.2) is 0 Å². The van der Waals surface area contributed by atoms with E-state index in [1.165, 1.54) is 22.9 Å². The number of amides is 1. The molecule has 1 aromatic carbocycles. The van der Waals surface area contributed by atoms with E-state index in [0.717, 1.165) is 16.2 Å². The molecule has 0 aliphatic heterocycles. The van der Waals surface area contributed by atoms with E-state index in [9.17, 15) is 9.18 Å². The van der Waals surface area contributed by atoms with Crippen molar-refractivity contribution in [2.45, 2.75) is 13.3 Å². The molecule has 0 fully saturated rings. The normalized spacial score (nSPS) is 10.7. The SMILES string of the molecule is CCCNC(=O)c1nnc2c(I)c(F)ccc2c1[AsH2]. The van der Waals surface area contributed by atoms with E-state index in [4.69, 9.17) is 0 Å². The Morgan fingerprint density at radius 2 is 2.21 bits per heavy atom. The van der Waals surface area contributed by atoms with Crippen LogP contribution in [0.5, 0.6) is 0 Å². The molecule has 2 aromatic rings. The summed E-state index contributed by atoms with van der Waals surface area (Å²) >= 11 is 3.18. The Balaban J connectivity index is 2.52. The number of hydrogen-bond donors (Lipinski definition) is 1. The molecule has 0 aliphatic rings. The van der Waals surface area contributed by atoms with Gasteiger partial charge in [-0.2, -0.15) is 0 Å². The van der Waals surface area contributed by atoms with Crippen LogP contribution < -0.4 is 9.67 Å². The zero-order valence-corrected chi connectivity index (χ0v) is 14.8. The molecule has 4 nitrogen and oxygen atoms in total. The fourth-order valence-electron chi connectivity index (χ4n) is 1.63. The summed E-state index contributed by atoms with van der Waals surface area (Å²) in [7, 11) is 0. The van der Waals surface area contributed by atoms with Gasteiger partial charge in [0, 0.05) is 0 Å². The van der Waals surface area contributed by atoms with E-state index < -0.39 is 0 Å². The van der Waals surface area contributed by atoms with Gasteiger partial charge in [0.15, 0.2) is 0 Å². The van der Waals surface area contributed by atoms with Crippen LogP contribution in [0.4, 0.5) is 4.39 Å². The molecular weight excluding hydrogens is 423 g/mol. The van der Waals surface area contributed by atoms with Gasteiger partial charge in [0.25, 0.3) is 0 Å². The van der Waals surface area contributed by atoms with Crippen LogP contribution in [0.1, 0.15) is 23.8 Å². The van der Waals surface area contributed by atoms with E-state index >= 15 is 0 Å². The number of benzene rings is 1. The van der Waals surface area contributed by atoms with Gasteiger partial charge in [-0.1, -0.05) is 0 Å². The molecule has 0 bridgehead atoms.